The van der Waals surface area contributed by atoms with Gasteiger partial charge in [0.2, 0.25) is 5.91 Å². The molecule has 0 aliphatic heterocycles. The summed E-state index contributed by atoms with van der Waals surface area (Å²) in [4.78, 5) is 30.8. The van der Waals surface area contributed by atoms with Crippen molar-refractivity contribution in [2.24, 2.45) is 0 Å². The standard InChI is InChI=1S/C21H23N3O2S/c1-15(25)18(12-16-8-4-3-5-9-16)22-20(26)13-24(2)14-21-23-17-10-6-7-11-19(17)27-21/h3-11,18H,12-14H2,1-2H3,(H,22,26)/t18-/m1/s1. The van der Waals surface area contributed by atoms with Crippen molar-refractivity contribution in [2.45, 2.75) is 25.9 Å². The Morgan fingerprint density at radius 1 is 1.11 bits per heavy atom. The van der Waals surface area contributed by atoms with Crippen molar-refractivity contribution < 1.29 is 9.59 Å². The smallest absolute Gasteiger partial charge is 0.234 e. The van der Waals surface area contributed by atoms with E-state index in [0.29, 0.717) is 13.0 Å². The Morgan fingerprint density at radius 3 is 2.52 bits per heavy atom. The maximum absolute atomic E-state index is 12.4. The van der Waals surface area contributed by atoms with Crippen molar-refractivity contribution in [3.63, 3.8) is 0 Å². The summed E-state index contributed by atoms with van der Waals surface area (Å²) < 4.78 is 1.14. The summed E-state index contributed by atoms with van der Waals surface area (Å²) in [7, 11) is 1.88. The van der Waals surface area contributed by atoms with Crippen LogP contribution in [-0.2, 0) is 22.6 Å². The van der Waals surface area contributed by atoms with Crippen LogP contribution in [0.1, 0.15) is 17.5 Å². The Hall–Kier alpha value is -2.57. The average Bonchev–Trinajstić information content (AvgIpc) is 3.03. The first-order chi connectivity index (χ1) is 13.0. The molecule has 3 rings (SSSR count). The van der Waals surface area contributed by atoms with Crippen LogP contribution in [0.4, 0.5) is 0 Å². The van der Waals surface area contributed by atoms with Crippen LogP contribution < -0.4 is 5.32 Å². The minimum atomic E-state index is -0.504. The van der Waals surface area contributed by atoms with Gasteiger partial charge in [-0.05, 0) is 38.1 Å². The SMILES string of the molecule is CC(=O)[C@@H](Cc1ccccc1)NC(=O)CN(C)Cc1nc2ccccc2s1. The fourth-order valence-electron chi connectivity index (χ4n) is 2.91. The van der Waals surface area contributed by atoms with E-state index in [2.05, 4.69) is 10.3 Å². The lowest BCUT2D eigenvalue weighted by molar-refractivity contribution is -0.127. The van der Waals surface area contributed by atoms with E-state index in [1.807, 2.05) is 66.5 Å². The summed E-state index contributed by atoms with van der Waals surface area (Å²) >= 11 is 1.63. The molecule has 0 radical (unpaired) electrons. The third-order valence-corrected chi connectivity index (χ3v) is 5.29. The predicted octanol–water partition coefficient (Wildman–Crippen LogP) is 3.04. The number of carbonyl (C=O) groups is 2. The molecule has 1 aromatic heterocycles. The Morgan fingerprint density at radius 2 is 1.81 bits per heavy atom. The van der Waals surface area contributed by atoms with E-state index in [4.69, 9.17) is 0 Å². The minimum absolute atomic E-state index is 0.0407. The number of fused-ring (bicyclic) bond motifs is 1. The number of thiazole rings is 1. The molecule has 5 nitrogen and oxygen atoms in total. The van der Waals surface area contributed by atoms with Gasteiger partial charge in [0, 0.05) is 0 Å². The highest BCUT2D eigenvalue weighted by Gasteiger charge is 2.19. The van der Waals surface area contributed by atoms with Gasteiger partial charge < -0.3 is 5.32 Å². The number of amides is 1. The quantitative estimate of drug-likeness (QED) is 0.651. The van der Waals surface area contributed by atoms with E-state index in [0.717, 1.165) is 20.8 Å². The number of Topliss-reactive ketones (excluding diaryl/α,β-unsaturated/α-hetero) is 1. The molecule has 140 valence electrons. The Balaban J connectivity index is 1.55. The summed E-state index contributed by atoms with van der Waals surface area (Å²) in [5.74, 6) is -0.198. The Labute approximate surface area is 163 Å². The number of carbonyl (C=O) groups excluding carboxylic acids is 2. The lowest BCUT2D eigenvalue weighted by Gasteiger charge is -2.19. The lowest BCUT2D eigenvalue weighted by Crippen LogP contribution is -2.45. The molecule has 0 bridgehead atoms. The van der Waals surface area contributed by atoms with Gasteiger partial charge in [-0.1, -0.05) is 42.5 Å². The van der Waals surface area contributed by atoms with Gasteiger partial charge in [-0.25, -0.2) is 4.98 Å². The normalized spacial score (nSPS) is 12.3. The number of ketones is 1. The fraction of sp³-hybridized carbons (Fsp3) is 0.286. The van der Waals surface area contributed by atoms with Gasteiger partial charge in [0.25, 0.3) is 0 Å². The number of benzene rings is 2. The van der Waals surface area contributed by atoms with Crippen molar-refractivity contribution in [1.29, 1.82) is 0 Å². The van der Waals surface area contributed by atoms with E-state index in [9.17, 15) is 9.59 Å². The fourth-order valence-corrected chi connectivity index (χ4v) is 3.95. The summed E-state index contributed by atoms with van der Waals surface area (Å²) in [5, 5.41) is 3.83. The van der Waals surface area contributed by atoms with Gasteiger partial charge in [-0.3, -0.25) is 14.5 Å². The summed E-state index contributed by atoms with van der Waals surface area (Å²) in [6, 6.07) is 17.2. The molecule has 1 atom stereocenters. The maximum atomic E-state index is 12.4. The molecule has 0 aliphatic carbocycles. The average molecular weight is 382 g/mol. The number of rotatable bonds is 8. The molecule has 0 spiro atoms. The molecule has 27 heavy (non-hydrogen) atoms. The second-order valence-corrected chi connectivity index (χ2v) is 7.78. The van der Waals surface area contributed by atoms with Gasteiger partial charge in [0.15, 0.2) is 5.78 Å². The first-order valence-corrected chi connectivity index (χ1v) is 9.69. The third-order valence-electron chi connectivity index (χ3n) is 4.27. The van der Waals surface area contributed by atoms with Crippen molar-refractivity contribution in [1.82, 2.24) is 15.2 Å². The van der Waals surface area contributed by atoms with Crippen molar-refractivity contribution in [2.75, 3.05) is 13.6 Å². The van der Waals surface area contributed by atoms with E-state index in [1.54, 1.807) is 11.3 Å². The summed E-state index contributed by atoms with van der Waals surface area (Å²) in [5.41, 5.74) is 2.01. The number of para-hydroxylation sites is 1. The lowest BCUT2D eigenvalue weighted by atomic mass is 10.0. The zero-order valence-electron chi connectivity index (χ0n) is 15.5. The number of hydrogen-bond donors (Lipinski definition) is 1. The molecule has 0 aliphatic rings. The zero-order chi connectivity index (χ0) is 19.2. The first-order valence-electron chi connectivity index (χ1n) is 8.88. The first kappa shape index (κ1) is 19.2. The van der Waals surface area contributed by atoms with Gasteiger partial charge in [-0.15, -0.1) is 11.3 Å². The molecule has 1 heterocycles. The molecule has 0 saturated carbocycles. The number of aromatic nitrogens is 1. The van der Waals surface area contributed by atoms with Gasteiger partial charge in [0.1, 0.15) is 5.01 Å². The largest absolute Gasteiger partial charge is 0.345 e. The molecule has 3 aromatic rings. The highest BCUT2D eigenvalue weighted by molar-refractivity contribution is 7.18. The van der Waals surface area contributed by atoms with Crippen molar-refractivity contribution in [3.05, 3.63) is 65.2 Å². The molecule has 1 N–H and O–H groups in total. The number of nitrogens with zero attached hydrogens (tertiary/aromatic N) is 2. The summed E-state index contributed by atoms with van der Waals surface area (Å²) in [6.07, 6.45) is 0.503. The number of hydrogen-bond acceptors (Lipinski definition) is 5. The molecule has 0 fully saturated rings. The van der Waals surface area contributed by atoms with E-state index in [-0.39, 0.29) is 18.2 Å². The maximum Gasteiger partial charge on any atom is 0.234 e. The zero-order valence-corrected chi connectivity index (χ0v) is 16.3. The van der Waals surface area contributed by atoms with Gasteiger partial charge >= 0.3 is 0 Å². The van der Waals surface area contributed by atoms with Crippen LogP contribution in [0.25, 0.3) is 10.2 Å². The topological polar surface area (TPSA) is 62.3 Å². The van der Waals surface area contributed by atoms with E-state index >= 15 is 0 Å². The van der Waals surface area contributed by atoms with Crippen LogP contribution in [0.15, 0.2) is 54.6 Å². The number of nitrogens with one attached hydrogen (secondary N) is 1. The number of likely N-dealkylation sites (N-methyl/N-ethyl adjacent to an activating group) is 1. The molecule has 1 amide bonds. The molecule has 2 aromatic carbocycles. The van der Waals surface area contributed by atoms with Crippen LogP contribution in [0.5, 0.6) is 0 Å². The molecular formula is C21H23N3O2S. The second kappa shape index (κ2) is 8.88. The van der Waals surface area contributed by atoms with Crippen LogP contribution in [0.3, 0.4) is 0 Å². The van der Waals surface area contributed by atoms with E-state index < -0.39 is 6.04 Å². The van der Waals surface area contributed by atoms with Gasteiger partial charge in [0.05, 0.1) is 29.3 Å². The van der Waals surface area contributed by atoms with E-state index in [1.165, 1.54) is 6.92 Å². The van der Waals surface area contributed by atoms with Crippen LogP contribution >= 0.6 is 11.3 Å². The highest BCUT2D eigenvalue weighted by atomic mass is 32.1. The van der Waals surface area contributed by atoms with Crippen LogP contribution in [-0.4, -0.2) is 41.2 Å². The van der Waals surface area contributed by atoms with Crippen LogP contribution in [0, 0.1) is 0 Å². The Bertz CT molecular complexity index is 890. The van der Waals surface area contributed by atoms with Crippen LogP contribution in [0.2, 0.25) is 0 Å². The Kier molecular flexibility index (Phi) is 6.32. The molecule has 6 heteroatoms. The minimum Gasteiger partial charge on any atom is -0.345 e. The molecule has 0 saturated heterocycles. The van der Waals surface area contributed by atoms with Crippen molar-refractivity contribution in [3.8, 4) is 0 Å². The van der Waals surface area contributed by atoms with Crippen molar-refractivity contribution >= 4 is 33.2 Å². The highest BCUT2D eigenvalue weighted by Crippen LogP contribution is 2.22. The van der Waals surface area contributed by atoms with Gasteiger partial charge in [-0.2, -0.15) is 0 Å². The summed E-state index contributed by atoms with van der Waals surface area (Å²) in [6.45, 7) is 2.32. The monoisotopic (exact) mass is 381 g/mol. The third kappa shape index (κ3) is 5.45. The predicted molar refractivity (Wildman–Crippen MR) is 109 cm³/mol. The molecular weight excluding hydrogens is 358 g/mol. The molecule has 0 unspecified atom stereocenters. The second-order valence-electron chi connectivity index (χ2n) is 6.67.